The number of benzene rings is 1. The van der Waals surface area contributed by atoms with Crippen molar-refractivity contribution >= 4 is 11.6 Å². The van der Waals surface area contributed by atoms with Crippen LogP contribution < -0.4 is 10.5 Å². The van der Waals surface area contributed by atoms with Crippen LogP contribution in [0.25, 0.3) is 0 Å². The molecule has 0 fully saturated rings. The van der Waals surface area contributed by atoms with Gasteiger partial charge in [0.15, 0.2) is 0 Å². The van der Waals surface area contributed by atoms with Gasteiger partial charge in [-0.2, -0.15) is 0 Å². The van der Waals surface area contributed by atoms with Gasteiger partial charge in [-0.25, -0.2) is 9.37 Å². The summed E-state index contributed by atoms with van der Waals surface area (Å²) in [6, 6.07) is 7.30. The van der Waals surface area contributed by atoms with Gasteiger partial charge in [-0.3, -0.25) is 0 Å². The quantitative estimate of drug-likeness (QED) is 0.922. The number of halogens is 2. The topological polar surface area (TPSA) is 48.1 Å². The fourth-order valence-corrected chi connectivity index (χ4v) is 1.70. The molecule has 0 saturated heterocycles. The lowest BCUT2D eigenvalue weighted by Crippen LogP contribution is -2.07. The molecule has 94 valence electrons. The molecule has 2 aromatic rings. The van der Waals surface area contributed by atoms with Gasteiger partial charge in [-0.05, 0) is 31.2 Å². The van der Waals surface area contributed by atoms with Crippen LogP contribution in [0.2, 0.25) is 5.02 Å². The zero-order valence-electron chi connectivity index (χ0n) is 9.73. The van der Waals surface area contributed by atoms with Crippen molar-refractivity contribution in [2.45, 2.75) is 13.0 Å². The zero-order chi connectivity index (χ0) is 13.1. The van der Waals surface area contributed by atoms with Crippen LogP contribution in [0.1, 0.15) is 18.5 Å². The zero-order valence-corrected chi connectivity index (χ0v) is 10.5. The SMILES string of the molecule is CC(N)c1cccnc1Oc1ccc(F)cc1Cl. The van der Waals surface area contributed by atoms with E-state index in [1.807, 2.05) is 13.0 Å². The molecule has 1 aromatic carbocycles. The number of pyridine rings is 1. The summed E-state index contributed by atoms with van der Waals surface area (Å²) in [5.41, 5.74) is 6.58. The predicted molar refractivity (Wildman–Crippen MR) is 68.3 cm³/mol. The van der Waals surface area contributed by atoms with E-state index in [1.54, 1.807) is 12.3 Å². The van der Waals surface area contributed by atoms with E-state index in [0.29, 0.717) is 11.6 Å². The predicted octanol–water partition coefficient (Wildman–Crippen LogP) is 3.69. The average Bonchev–Trinajstić information content (AvgIpc) is 2.33. The van der Waals surface area contributed by atoms with Crippen LogP contribution in [0.15, 0.2) is 36.5 Å². The maximum atomic E-state index is 12.9. The number of nitrogens with two attached hydrogens (primary N) is 1. The Morgan fingerprint density at radius 1 is 1.39 bits per heavy atom. The first-order valence-corrected chi connectivity index (χ1v) is 5.79. The minimum atomic E-state index is -0.416. The smallest absolute Gasteiger partial charge is 0.224 e. The van der Waals surface area contributed by atoms with Crippen LogP contribution >= 0.6 is 11.6 Å². The molecule has 1 atom stereocenters. The molecule has 0 aliphatic carbocycles. The van der Waals surface area contributed by atoms with E-state index in [9.17, 15) is 4.39 Å². The number of hydrogen-bond donors (Lipinski definition) is 1. The number of nitrogens with zero attached hydrogens (tertiary/aromatic N) is 1. The maximum absolute atomic E-state index is 12.9. The molecule has 0 amide bonds. The summed E-state index contributed by atoms with van der Waals surface area (Å²) in [4.78, 5) is 4.10. The van der Waals surface area contributed by atoms with Crippen molar-refractivity contribution in [1.29, 1.82) is 0 Å². The summed E-state index contributed by atoms with van der Waals surface area (Å²) >= 11 is 5.89. The van der Waals surface area contributed by atoms with Gasteiger partial charge in [0.25, 0.3) is 0 Å². The van der Waals surface area contributed by atoms with Gasteiger partial charge in [0.2, 0.25) is 5.88 Å². The summed E-state index contributed by atoms with van der Waals surface area (Å²) < 4.78 is 18.5. The Bertz CT molecular complexity index is 560. The summed E-state index contributed by atoms with van der Waals surface area (Å²) in [6.07, 6.45) is 1.60. The number of ether oxygens (including phenoxy) is 1. The van der Waals surface area contributed by atoms with E-state index >= 15 is 0 Å². The van der Waals surface area contributed by atoms with Crippen LogP contribution in [-0.2, 0) is 0 Å². The molecule has 0 spiro atoms. The summed E-state index contributed by atoms with van der Waals surface area (Å²) in [5.74, 6) is 0.306. The molecule has 0 radical (unpaired) electrons. The monoisotopic (exact) mass is 266 g/mol. The van der Waals surface area contributed by atoms with Gasteiger partial charge in [0.1, 0.15) is 11.6 Å². The van der Waals surface area contributed by atoms with Crippen molar-refractivity contribution in [2.24, 2.45) is 5.73 Å². The molecule has 2 N–H and O–H groups in total. The molecule has 0 bridgehead atoms. The molecule has 0 aliphatic heterocycles. The maximum Gasteiger partial charge on any atom is 0.224 e. The first-order chi connectivity index (χ1) is 8.58. The van der Waals surface area contributed by atoms with E-state index in [4.69, 9.17) is 22.1 Å². The van der Waals surface area contributed by atoms with Crippen LogP contribution in [0.4, 0.5) is 4.39 Å². The van der Waals surface area contributed by atoms with E-state index in [1.165, 1.54) is 18.2 Å². The van der Waals surface area contributed by atoms with Crippen molar-refractivity contribution < 1.29 is 9.13 Å². The summed E-state index contributed by atoms with van der Waals surface area (Å²) in [6.45, 7) is 1.83. The summed E-state index contributed by atoms with van der Waals surface area (Å²) in [7, 11) is 0. The van der Waals surface area contributed by atoms with Crippen molar-refractivity contribution in [3.8, 4) is 11.6 Å². The molecule has 3 nitrogen and oxygen atoms in total. The second-order valence-corrected chi connectivity index (χ2v) is 4.27. The Morgan fingerprint density at radius 2 is 2.17 bits per heavy atom. The number of rotatable bonds is 3. The second kappa shape index (κ2) is 5.33. The van der Waals surface area contributed by atoms with Crippen molar-refractivity contribution in [1.82, 2.24) is 4.98 Å². The second-order valence-electron chi connectivity index (χ2n) is 3.86. The molecule has 0 saturated carbocycles. The van der Waals surface area contributed by atoms with Gasteiger partial charge >= 0.3 is 0 Å². The van der Waals surface area contributed by atoms with Crippen molar-refractivity contribution in [3.05, 3.63) is 52.9 Å². The van der Waals surface area contributed by atoms with Crippen LogP contribution in [-0.4, -0.2) is 4.98 Å². The standard InChI is InChI=1S/C13H12ClFN2O/c1-8(16)10-3-2-6-17-13(10)18-12-5-4-9(15)7-11(12)14/h2-8H,16H2,1H3. The van der Waals surface area contributed by atoms with Crippen LogP contribution in [0.3, 0.4) is 0 Å². The highest BCUT2D eigenvalue weighted by molar-refractivity contribution is 6.32. The highest BCUT2D eigenvalue weighted by Gasteiger charge is 2.11. The molecule has 0 aliphatic rings. The lowest BCUT2D eigenvalue weighted by Gasteiger charge is -2.12. The van der Waals surface area contributed by atoms with Crippen molar-refractivity contribution in [2.75, 3.05) is 0 Å². The lowest BCUT2D eigenvalue weighted by atomic mass is 10.1. The Balaban J connectivity index is 2.34. The van der Waals surface area contributed by atoms with Crippen LogP contribution in [0.5, 0.6) is 11.6 Å². The number of aromatic nitrogens is 1. The normalized spacial score (nSPS) is 12.2. The molecule has 1 aromatic heterocycles. The van der Waals surface area contributed by atoms with E-state index in [2.05, 4.69) is 4.98 Å². The Labute approximate surface area is 109 Å². The van der Waals surface area contributed by atoms with E-state index < -0.39 is 5.82 Å². The molecule has 5 heteroatoms. The molecular formula is C13H12ClFN2O. The lowest BCUT2D eigenvalue weighted by molar-refractivity contribution is 0.451. The molecule has 18 heavy (non-hydrogen) atoms. The Morgan fingerprint density at radius 3 is 2.83 bits per heavy atom. The highest BCUT2D eigenvalue weighted by atomic mass is 35.5. The molecular weight excluding hydrogens is 255 g/mol. The third kappa shape index (κ3) is 2.78. The van der Waals surface area contributed by atoms with Crippen molar-refractivity contribution in [3.63, 3.8) is 0 Å². The first-order valence-electron chi connectivity index (χ1n) is 5.41. The van der Waals surface area contributed by atoms with E-state index in [0.717, 1.165) is 5.56 Å². The van der Waals surface area contributed by atoms with Gasteiger partial charge in [0.05, 0.1) is 5.02 Å². The summed E-state index contributed by atoms with van der Waals surface area (Å²) in [5, 5.41) is 0.191. The molecule has 1 heterocycles. The third-order valence-electron chi connectivity index (χ3n) is 2.39. The third-order valence-corrected chi connectivity index (χ3v) is 2.69. The van der Waals surface area contributed by atoms with Gasteiger partial charge in [-0.15, -0.1) is 0 Å². The molecule has 2 rings (SSSR count). The minimum absolute atomic E-state index is 0.191. The first kappa shape index (κ1) is 12.8. The molecule has 1 unspecified atom stereocenters. The van der Waals surface area contributed by atoms with Gasteiger partial charge < -0.3 is 10.5 Å². The highest BCUT2D eigenvalue weighted by Crippen LogP contribution is 2.31. The van der Waals surface area contributed by atoms with E-state index in [-0.39, 0.29) is 11.1 Å². The average molecular weight is 267 g/mol. The fourth-order valence-electron chi connectivity index (χ4n) is 1.50. The minimum Gasteiger partial charge on any atom is -0.437 e. The van der Waals surface area contributed by atoms with Crippen LogP contribution in [0, 0.1) is 5.82 Å². The Kier molecular flexibility index (Phi) is 3.79. The van der Waals surface area contributed by atoms with Gasteiger partial charge in [-0.1, -0.05) is 17.7 Å². The number of hydrogen-bond acceptors (Lipinski definition) is 3. The fraction of sp³-hybridized carbons (Fsp3) is 0.154. The van der Waals surface area contributed by atoms with Gasteiger partial charge in [0, 0.05) is 17.8 Å². The Hall–Kier alpha value is -1.65. The largest absolute Gasteiger partial charge is 0.437 e.